The van der Waals surface area contributed by atoms with Crippen LogP contribution in [-0.2, 0) is 4.74 Å². The molecule has 0 radical (unpaired) electrons. The van der Waals surface area contributed by atoms with Crippen LogP contribution in [0.2, 0.25) is 0 Å². The van der Waals surface area contributed by atoms with Crippen LogP contribution in [0.4, 0.5) is 5.69 Å². The second kappa shape index (κ2) is 7.40. The average Bonchev–Trinajstić information content (AvgIpc) is 3.17. The number of fused-ring (bicyclic) bond motifs is 1. The number of carbonyl (C=O) groups excluding carboxylic acids is 1. The molecular weight excluding hydrogens is 412 g/mol. The van der Waals surface area contributed by atoms with E-state index in [1.807, 2.05) is 24.3 Å². The Bertz CT molecular complexity index is 867. The molecule has 0 bridgehead atoms. The number of para-hydroxylation sites is 1. The second-order valence-electron chi connectivity index (χ2n) is 6.73. The van der Waals surface area contributed by atoms with Gasteiger partial charge in [0.2, 0.25) is 0 Å². The van der Waals surface area contributed by atoms with E-state index < -0.39 is 6.17 Å². The molecule has 1 saturated heterocycles. The summed E-state index contributed by atoms with van der Waals surface area (Å²) in [5, 5.41) is 13.5. The summed E-state index contributed by atoms with van der Waals surface area (Å²) in [6, 6.07) is 10.8. The number of aromatic hydroxyl groups is 1. The number of nitrogens with zero attached hydrogens (tertiary/aromatic N) is 1. The molecule has 0 aromatic heterocycles. The van der Waals surface area contributed by atoms with E-state index in [9.17, 15) is 9.90 Å². The highest BCUT2D eigenvalue weighted by Gasteiger charge is 2.36. The number of anilines is 1. The zero-order valence-corrected chi connectivity index (χ0v) is 16.5. The van der Waals surface area contributed by atoms with Gasteiger partial charge in [0.15, 0.2) is 11.5 Å². The van der Waals surface area contributed by atoms with E-state index in [4.69, 9.17) is 9.47 Å². The van der Waals surface area contributed by atoms with Gasteiger partial charge in [-0.3, -0.25) is 4.79 Å². The fourth-order valence-corrected chi connectivity index (χ4v) is 4.21. The molecule has 2 aromatic carbocycles. The van der Waals surface area contributed by atoms with Gasteiger partial charge >= 0.3 is 0 Å². The number of methoxy groups -OCH3 is 1. The minimum absolute atomic E-state index is 0.0290. The van der Waals surface area contributed by atoms with Crippen molar-refractivity contribution in [3.63, 3.8) is 0 Å². The maximum atomic E-state index is 13.3. The first kappa shape index (κ1) is 18.1. The van der Waals surface area contributed by atoms with Crippen molar-refractivity contribution < 1.29 is 19.4 Å². The zero-order valence-electron chi connectivity index (χ0n) is 14.9. The number of ether oxygens (including phenoxy) is 2. The number of nitrogens with one attached hydrogen (secondary N) is 1. The van der Waals surface area contributed by atoms with Crippen molar-refractivity contribution in [2.75, 3.05) is 25.6 Å². The van der Waals surface area contributed by atoms with Gasteiger partial charge in [0.1, 0.15) is 6.17 Å². The lowest BCUT2D eigenvalue weighted by atomic mass is 10.0. The number of phenolic OH excluding ortho intramolecular Hbond substituents is 1. The maximum absolute atomic E-state index is 13.3. The Morgan fingerprint density at radius 1 is 1.37 bits per heavy atom. The number of hydrogen-bond donors (Lipinski definition) is 2. The zero-order chi connectivity index (χ0) is 19.0. The normalized spacial score (nSPS) is 21.7. The minimum atomic E-state index is -0.402. The van der Waals surface area contributed by atoms with E-state index >= 15 is 0 Å². The molecule has 2 aliphatic heterocycles. The van der Waals surface area contributed by atoms with Crippen LogP contribution in [0.5, 0.6) is 11.5 Å². The summed E-state index contributed by atoms with van der Waals surface area (Å²) in [5.74, 6) is 0.364. The second-order valence-corrected chi connectivity index (χ2v) is 7.58. The van der Waals surface area contributed by atoms with Crippen LogP contribution in [0.1, 0.15) is 34.9 Å². The molecule has 7 heteroatoms. The summed E-state index contributed by atoms with van der Waals surface area (Å²) in [4.78, 5) is 15.1. The van der Waals surface area contributed by atoms with Gasteiger partial charge < -0.3 is 24.8 Å². The molecule has 4 rings (SSSR count). The molecule has 0 unspecified atom stereocenters. The molecule has 6 nitrogen and oxygen atoms in total. The number of benzene rings is 2. The summed E-state index contributed by atoms with van der Waals surface area (Å²) >= 11 is 3.52. The summed E-state index contributed by atoms with van der Waals surface area (Å²) in [5.41, 5.74) is 2.24. The highest BCUT2D eigenvalue weighted by molar-refractivity contribution is 9.10. The monoisotopic (exact) mass is 432 g/mol. The fraction of sp³-hybridized carbons (Fsp3) is 0.350. The van der Waals surface area contributed by atoms with Gasteiger partial charge in [-0.05, 0) is 37.1 Å². The third-order valence-corrected chi connectivity index (χ3v) is 5.73. The lowest BCUT2D eigenvalue weighted by Gasteiger charge is -2.39. The van der Waals surface area contributed by atoms with Crippen molar-refractivity contribution in [1.29, 1.82) is 0 Å². The predicted octanol–water partition coefficient (Wildman–Crippen LogP) is 3.91. The summed E-state index contributed by atoms with van der Waals surface area (Å²) in [6.07, 6.45) is 1.58. The average molecular weight is 433 g/mol. The van der Waals surface area contributed by atoms with E-state index in [1.54, 1.807) is 17.0 Å². The molecule has 2 heterocycles. The van der Waals surface area contributed by atoms with Crippen LogP contribution < -0.4 is 10.1 Å². The third kappa shape index (κ3) is 3.37. The Morgan fingerprint density at radius 2 is 2.19 bits per heavy atom. The van der Waals surface area contributed by atoms with Crippen LogP contribution in [0, 0.1) is 0 Å². The highest BCUT2D eigenvalue weighted by atomic mass is 79.9. The molecule has 1 amide bonds. The van der Waals surface area contributed by atoms with Crippen molar-refractivity contribution in [3.8, 4) is 11.5 Å². The highest BCUT2D eigenvalue weighted by Crippen LogP contribution is 2.40. The minimum Gasteiger partial charge on any atom is -0.504 e. The molecule has 0 saturated carbocycles. The molecule has 2 atom stereocenters. The van der Waals surface area contributed by atoms with Crippen LogP contribution in [0.25, 0.3) is 0 Å². The Kier molecular flexibility index (Phi) is 4.97. The number of amides is 1. The summed E-state index contributed by atoms with van der Waals surface area (Å²) in [7, 11) is 1.51. The molecule has 0 spiro atoms. The molecular formula is C20H21BrN2O4. The Labute approximate surface area is 166 Å². The predicted molar refractivity (Wildman–Crippen MR) is 105 cm³/mol. The van der Waals surface area contributed by atoms with Crippen molar-refractivity contribution in [2.45, 2.75) is 25.1 Å². The Hall–Kier alpha value is -2.25. The largest absolute Gasteiger partial charge is 0.504 e. The lowest BCUT2D eigenvalue weighted by molar-refractivity contribution is 0.0426. The van der Waals surface area contributed by atoms with E-state index in [-0.39, 0.29) is 17.8 Å². The Morgan fingerprint density at radius 3 is 2.93 bits per heavy atom. The van der Waals surface area contributed by atoms with Crippen molar-refractivity contribution in [3.05, 3.63) is 52.0 Å². The van der Waals surface area contributed by atoms with Crippen LogP contribution in [0.3, 0.4) is 0 Å². The smallest absolute Gasteiger partial charge is 0.257 e. The topological polar surface area (TPSA) is 71.0 Å². The van der Waals surface area contributed by atoms with E-state index in [0.717, 1.165) is 30.7 Å². The first-order valence-electron chi connectivity index (χ1n) is 8.93. The lowest BCUT2D eigenvalue weighted by Crippen LogP contribution is -2.46. The molecule has 1 fully saturated rings. The molecule has 2 N–H and O–H groups in total. The number of rotatable bonds is 4. The molecule has 2 aromatic rings. The number of hydrogen-bond acceptors (Lipinski definition) is 5. The van der Waals surface area contributed by atoms with E-state index in [2.05, 4.69) is 21.2 Å². The van der Waals surface area contributed by atoms with Gasteiger partial charge in [-0.15, -0.1) is 0 Å². The summed E-state index contributed by atoms with van der Waals surface area (Å²) < 4.78 is 11.7. The first-order chi connectivity index (χ1) is 13.1. The van der Waals surface area contributed by atoms with Crippen LogP contribution in [0.15, 0.2) is 40.9 Å². The van der Waals surface area contributed by atoms with E-state index in [0.29, 0.717) is 22.3 Å². The molecule has 27 heavy (non-hydrogen) atoms. The van der Waals surface area contributed by atoms with Crippen LogP contribution >= 0.6 is 15.9 Å². The van der Waals surface area contributed by atoms with Gasteiger partial charge in [-0.1, -0.05) is 28.1 Å². The van der Waals surface area contributed by atoms with Crippen molar-refractivity contribution in [2.24, 2.45) is 0 Å². The van der Waals surface area contributed by atoms with Gasteiger partial charge in [-0.2, -0.15) is 0 Å². The first-order valence-corrected chi connectivity index (χ1v) is 9.72. The maximum Gasteiger partial charge on any atom is 0.257 e. The van der Waals surface area contributed by atoms with Crippen LogP contribution in [-0.4, -0.2) is 42.3 Å². The Balaban J connectivity index is 1.77. The molecule has 0 aliphatic carbocycles. The fourth-order valence-electron chi connectivity index (χ4n) is 3.67. The third-order valence-electron chi connectivity index (χ3n) is 5.04. The number of carbonyl (C=O) groups is 1. The van der Waals surface area contributed by atoms with Gasteiger partial charge in [0.25, 0.3) is 5.91 Å². The van der Waals surface area contributed by atoms with Gasteiger partial charge in [0, 0.05) is 28.9 Å². The quantitative estimate of drug-likeness (QED) is 0.765. The molecule has 142 valence electrons. The molecule has 2 aliphatic rings. The standard InChI is InChI=1S/C20H21BrN2O4/c1-26-18-9-14(15(21)10-17(18)24)19-22-16-7-3-2-6-13(16)20(25)23(19)11-12-5-4-8-27-12/h2-3,6-7,9-10,12,19,22,24H,4-5,8,11H2,1H3/t12-,19+/m1/s1. The van der Waals surface area contributed by atoms with E-state index in [1.165, 1.54) is 7.11 Å². The SMILES string of the molecule is COc1cc([C@H]2Nc3ccccc3C(=O)N2C[C@H]2CCCO2)c(Br)cc1O. The van der Waals surface area contributed by atoms with Gasteiger partial charge in [0.05, 0.1) is 18.8 Å². The number of phenols is 1. The van der Waals surface area contributed by atoms with Crippen molar-refractivity contribution in [1.82, 2.24) is 4.90 Å². The number of halogens is 1. The van der Waals surface area contributed by atoms with Crippen molar-refractivity contribution >= 4 is 27.5 Å². The van der Waals surface area contributed by atoms with Gasteiger partial charge in [-0.25, -0.2) is 0 Å². The summed E-state index contributed by atoms with van der Waals surface area (Å²) in [6.45, 7) is 1.23.